The number of esters is 1. The summed E-state index contributed by atoms with van der Waals surface area (Å²) < 4.78 is 37.3. The largest absolute Gasteiger partial charge is 0.481 e. The van der Waals surface area contributed by atoms with Gasteiger partial charge < -0.3 is 15.6 Å². The number of primary amides is 1. The molecule has 1 unspecified atom stereocenters. The highest BCUT2D eigenvalue weighted by Crippen LogP contribution is 2.16. The molecule has 0 spiro atoms. The normalized spacial score (nSPS) is 13.7. The van der Waals surface area contributed by atoms with E-state index in [1.807, 2.05) is 12.2 Å². The summed E-state index contributed by atoms with van der Waals surface area (Å²) in [7, 11) is -4.88. The first-order valence-corrected chi connectivity index (χ1v) is 12.9. The van der Waals surface area contributed by atoms with Crippen LogP contribution in [0.15, 0.2) is 12.2 Å². The number of carboxylic acids is 1. The Morgan fingerprint density at radius 2 is 1.59 bits per heavy atom. The van der Waals surface area contributed by atoms with Gasteiger partial charge in [-0.15, -0.1) is 0 Å². The highest BCUT2D eigenvalue weighted by Gasteiger charge is 2.36. The van der Waals surface area contributed by atoms with Crippen molar-refractivity contribution in [3.8, 4) is 0 Å². The molecule has 0 aromatic rings. The van der Waals surface area contributed by atoms with Gasteiger partial charge in [0.1, 0.15) is 6.10 Å². The molecule has 0 bridgehead atoms. The maximum atomic E-state index is 12.2. The van der Waals surface area contributed by atoms with Crippen LogP contribution in [-0.2, 0) is 29.2 Å². The van der Waals surface area contributed by atoms with Crippen LogP contribution in [-0.4, -0.2) is 47.3 Å². The summed E-state index contributed by atoms with van der Waals surface area (Å²) >= 11 is 0. The standard InChI is InChI=1S/C22H39NO8S/c1-2-3-4-11-14-18(31-22(27)19(17-21(25)26)32(28,29)30)15-12-9-7-5-6-8-10-13-16-20(23)24/h9,12,18-19H,2-8,10-11,13-17H2,1H3,(H2,23,24)(H,25,26)(H,28,29,30)/b12-9-/t18-,19?/m1/s1. The Morgan fingerprint density at radius 3 is 2.19 bits per heavy atom. The zero-order valence-electron chi connectivity index (χ0n) is 19.0. The molecule has 1 amide bonds. The second-order valence-corrected chi connectivity index (χ2v) is 9.59. The average molecular weight is 478 g/mol. The summed E-state index contributed by atoms with van der Waals surface area (Å²) in [5, 5.41) is 6.70. The molecular formula is C22H39NO8S. The molecular weight excluding hydrogens is 438 g/mol. The molecule has 0 saturated carbocycles. The van der Waals surface area contributed by atoms with Crippen LogP contribution in [0.4, 0.5) is 0 Å². The van der Waals surface area contributed by atoms with Crippen molar-refractivity contribution in [2.24, 2.45) is 5.73 Å². The Labute approximate surface area is 191 Å². The minimum absolute atomic E-state index is 0.274. The molecule has 0 radical (unpaired) electrons. The van der Waals surface area contributed by atoms with Gasteiger partial charge in [-0.25, -0.2) is 0 Å². The van der Waals surface area contributed by atoms with Crippen LogP contribution >= 0.6 is 0 Å². The van der Waals surface area contributed by atoms with E-state index in [9.17, 15) is 27.4 Å². The molecule has 0 saturated heterocycles. The van der Waals surface area contributed by atoms with Gasteiger partial charge in [-0.1, -0.05) is 57.6 Å². The average Bonchev–Trinajstić information content (AvgIpc) is 2.69. The number of unbranched alkanes of at least 4 members (excludes halogenated alkanes) is 8. The number of hydrogen-bond donors (Lipinski definition) is 3. The Hall–Kier alpha value is -1.94. The molecule has 0 aromatic carbocycles. The number of aliphatic carboxylic acids is 1. The van der Waals surface area contributed by atoms with Crippen molar-refractivity contribution < 1.29 is 37.2 Å². The first-order valence-electron chi connectivity index (χ1n) is 11.4. The van der Waals surface area contributed by atoms with Crippen LogP contribution in [0.5, 0.6) is 0 Å². The zero-order chi connectivity index (χ0) is 24.4. The Bertz CT molecular complexity index is 690. The van der Waals surface area contributed by atoms with Gasteiger partial charge in [0, 0.05) is 12.8 Å². The predicted molar refractivity (Wildman–Crippen MR) is 121 cm³/mol. The number of nitrogens with two attached hydrogens (primary N) is 1. The van der Waals surface area contributed by atoms with E-state index in [0.29, 0.717) is 19.3 Å². The van der Waals surface area contributed by atoms with Gasteiger partial charge in [0.2, 0.25) is 5.91 Å². The molecule has 0 aromatic heterocycles. The van der Waals surface area contributed by atoms with E-state index >= 15 is 0 Å². The Morgan fingerprint density at radius 1 is 0.969 bits per heavy atom. The number of carbonyl (C=O) groups is 3. The fourth-order valence-electron chi connectivity index (χ4n) is 3.19. The zero-order valence-corrected chi connectivity index (χ0v) is 19.9. The Kier molecular flexibility index (Phi) is 16.5. The lowest BCUT2D eigenvalue weighted by atomic mass is 10.1. The summed E-state index contributed by atoms with van der Waals surface area (Å²) in [5.74, 6) is -3.03. The van der Waals surface area contributed by atoms with Crippen LogP contribution in [0, 0.1) is 0 Å². The number of amides is 1. The van der Waals surface area contributed by atoms with Crippen LogP contribution in [0.1, 0.15) is 96.8 Å². The molecule has 9 nitrogen and oxygen atoms in total. The highest BCUT2D eigenvalue weighted by atomic mass is 32.2. The molecule has 32 heavy (non-hydrogen) atoms. The lowest BCUT2D eigenvalue weighted by Crippen LogP contribution is -2.36. The van der Waals surface area contributed by atoms with E-state index in [2.05, 4.69) is 6.92 Å². The molecule has 0 fully saturated rings. The Balaban J connectivity index is 4.60. The van der Waals surface area contributed by atoms with E-state index in [4.69, 9.17) is 15.6 Å². The summed E-state index contributed by atoms with van der Waals surface area (Å²) in [5.41, 5.74) is 5.10. The summed E-state index contributed by atoms with van der Waals surface area (Å²) in [6.45, 7) is 2.07. The third-order valence-electron chi connectivity index (χ3n) is 5.00. The van der Waals surface area contributed by atoms with Crippen LogP contribution in [0.2, 0.25) is 0 Å². The molecule has 0 aliphatic rings. The van der Waals surface area contributed by atoms with Crippen LogP contribution in [0.25, 0.3) is 0 Å². The van der Waals surface area contributed by atoms with Crippen molar-refractivity contribution in [2.75, 3.05) is 0 Å². The second kappa shape index (κ2) is 17.6. The number of hydrogen-bond acceptors (Lipinski definition) is 6. The van der Waals surface area contributed by atoms with Gasteiger partial charge in [0.05, 0.1) is 6.42 Å². The van der Waals surface area contributed by atoms with Crippen molar-refractivity contribution in [1.82, 2.24) is 0 Å². The predicted octanol–water partition coefficient (Wildman–Crippen LogP) is 3.76. The van der Waals surface area contributed by atoms with Crippen molar-refractivity contribution in [2.45, 2.75) is 108 Å². The summed E-state index contributed by atoms with van der Waals surface area (Å²) in [4.78, 5) is 33.8. The van der Waals surface area contributed by atoms with Gasteiger partial charge in [-0.2, -0.15) is 8.42 Å². The number of carboxylic acid groups (broad SMARTS) is 1. The lowest BCUT2D eigenvalue weighted by Gasteiger charge is -2.19. The van der Waals surface area contributed by atoms with E-state index in [1.165, 1.54) is 0 Å². The molecule has 0 rings (SSSR count). The quantitative estimate of drug-likeness (QED) is 0.103. The smallest absolute Gasteiger partial charge is 0.327 e. The minimum Gasteiger partial charge on any atom is -0.481 e. The molecule has 186 valence electrons. The highest BCUT2D eigenvalue weighted by molar-refractivity contribution is 7.87. The topological polar surface area (TPSA) is 161 Å². The van der Waals surface area contributed by atoms with Crippen LogP contribution in [0.3, 0.4) is 0 Å². The molecule has 0 aliphatic heterocycles. The molecule has 0 heterocycles. The fourth-order valence-corrected chi connectivity index (χ4v) is 3.84. The lowest BCUT2D eigenvalue weighted by molar-refractivity contribution is -0.151. The van der Waals surface area contributed by atoms with Crippen molar-refractivity contribution in [3.05, 3.63) is 12.2 Å². The van der Waals surface area contributed by atoms with Gasteiger partial charge in [0.25, 0.3) is 10.1 Å². The number of ether oxygens (including phenoxy) is 1. The van der Waals surface area contributed by atoms with Crippen molar-refractivity contribution in [1.29, 1.82) is 0 Å². The van der Waals surface area contributed by atoms with E-state index < -0.39 is 39.8 Å². The molecule has 2 atom stereocenters. The second-order valence-electron chi connectivity index (χ2n) is 7.99. The monoisotopic (exact) mass is 477 g/mol. The fraction of sp³-hybridized carbons (Fsp3) is 0.773. The van der Waals surface area contributed by atoms with Gasteiger partial charge in [-0.3, -0.25) is 18.9 Å². The first kappa shape index (κ1) is 30.1. The van der Waals surface area contributed by atoms with Gasteiger partial charge in [0.15, 0.2) is 5.25 Å². The number of rotatable bonds is 20. The maximum Gasteiger partial charge on any atom is 0.327 e. The van der Waals surface area contributed by atoms with E-state index in [0.717, 1.165) is 64.2 Å². The minimum atomic E-state index is -4.88. The van der Waals surface area contributed by atoms with E-state index in [1.54, 1.807) is 0 Å². The number of carbonyl (C=O) groups excluding carboxylic acids is 2. The molecule has 10 heteroatoms. The van der Waals surface area contributed by atoms with Gasteiger partial charge in [-0.05, 0) is 32.1 Å². The molecule has 0 aliphatic carbocycles. The van der Waals surface area contributed by atoms with E-state index in [-0.39, 0.29) is 5.91 Å². The summed E-state index contributed by atoms with van der Waals surface area (Å²) in [6, 6.07) is 0. The first-order chi connectivity index (χ1) is 15.1. The molecule has 4 N–H and O–H groups in total. The summed E-state index contributed by atoms with van der Waals surface area (Å²) in [6.07, 6.45) is 13.0. The maximum absolute atomic E-state index is 12.2. The van der Waals surface area contributed by atoms with Gasteiger partial charge >= 0.3 is 11.9 Å². The third kappa shape index (κ3) is 16.7. The van der Waals surface area contributed by atoms with Crippen molar-refractivity contribution in [3.63, 3.8) is 0 Å². The van der Waals surface area contributed by atoms with Crippen molar-refractivity contribution >= 4 is 28.0 Å². The third-order valence-corrected chi connectivity index (χ3v) is 6.08. The van der Waals surface area contributed by atoms with Crippen LogP contribution < -0.4 is 5.73 Å². The SMILES string of the molecule is CCCCCC[C@H](C/C=C\CCCCCCCC(N)=O)OC(=O)C(CC(=O)O)S(=O)(=O)O. The number of allylic oxidation sites excluding steroid dienone is 1.